The first kappa shape index (κ1) is 23.1. The second-order valence-corrected chi connectivity index (χ2v) is 9.35. The van der Waals surface area contributed by atoms with Gasteiger partial charge >= 0.3 is 5.97 Å². The third kappa shape index (κ3) is 4.77. The summed E-state index contributed by atoms with van der Waals surface area (Å²) in [5, 5.41) is 4.05. The lowest BCUT2D eigenvalue weighted by Gasteiger charge is -2.36. The van der Waals surface area contributed by atoms with E-state index in [1.165, 1.54) is 0 Å². The van der Waals surface area contributed by atoms with E-state index in [1.807, 2.05) is 73.7 Å². The first-order chi connectivity index (χ1) is 17.0. The van der Waals surface area contributed by atoms with Crippen molar-refractivity contribution in [2.75, 3.05) is 0 Å². The molecule has 2 heterocycles. The van der Waals surface area contributed by atoms with Crippen molar-refractivity contribution in [1.29, 1.82) is 0 Å². The third-order valence-corrected chi connectivity index (χ3v) is 6.89. The number of hydrogen-bond acceptors (Lipinski definition) is 5. The number of nitrogens with zero attached hydrogens (tertiary/aromatic N) is 1. The second kappa shape index (κ2) is 9.88. The van der Waals surface area contributed by atoms with Crippen LogP contribution in [0, 0.1) is 0 Å². The summed E-state index contributed by atoms with van der Waals surface area (Å²) < 4.78 is 5.71. The fourth-order valence-corrected chi connectivity index (χ4v) is 5.10. The molecule has 0 saturated carbocycles. The second-order valence-electron chi connectivity index (χ2n) is 8.91. The predicted octanol–water partition coefficient (Wildman–Crippen LogP) is 5.84. The Hall–Kier alpha value is -3.70. The molecular weight excluding hydrogens is 460 g/mol. The summed E-state index contributed by atoms with van der Waals surface area (Å²) in [6, 6.07) is 20.9. The number of Topliss-reactive ketones (excluding diaryl/α,β-unsaturated/α-hetero) is 1. The molecule has 0 bridgehead atoms. The Labute approximate surface area is 209 Å². The molecular formula is C29H25ClN2O3. The zero-order valence-electron chi connectivity index (χ0n) is 19.3. The smallest absolute Gasteiger partial charge is 0.337 e. The van der Waals surface area contributed by atoms with Gasteiger partial charge in [-0.15, -0.1) is 0 Å². The van der Waals surface area contributed by atoms with Gasteiger partial charge in [-0.25, -0.2) is 4.79 Å². The molecule has 0 spiro atoms. The van der Waals surface area contributed by atoms with Gasteiger partial charge in [-0.2, -0.15) is 0 Å². The Morgan fingerprint density at radius 1 is 1.00 bits per heavy atom. The molecule has 5 nitrogen and oxygen atoms in total. The van der Waals surface area contributed by atoms with Crippen LogP contribution in [-0.2, 0) is 20.9 Å². The minimum Gasteiger partial charge on any atom is -0.457 e. The topological polar surface area (TPSA) is 68.3 Å². The standard InChI is InChI=1S/C29H25ClN2O3/c1-18-26(29(34)35-17-19-5-3-2-4-6-19)27(21-11-13-31-14-12-21)28-24(32-18)15-22(16-25(28)33)20-7-9-23(30)10-8-20/h2-14,22,27,32H,15-17H2,1H3. The number of carbonyl (C=O) groups is 2. The lowest BCUT2D eigenvalue weighted by atomic mass is 9.72. The average Bonchev–Trinajstić information content (AvgIpc) is 2.88. The van der Waals surface area contributed by atoms with Crippen molar-refractivity contribution in [3.63, 3.8) is 0 Å². The zero-order valence-corrected chi connectivity index (χ0v) is 20.1. The average molecular weight is 485 g/mol. The molecule has 2 unspecified atom stereocenters. The number of hydrogen-bond donors (Lipinski definition) is 1. The molecule has 6 heteroatoms. The van der Waals surface area contributed by atoms with Crippen molar-refractivity contribution in [3.05, 3.63) is 123 Å². The van der Waals surface area contributed by atoms with E-state index >= 15 is 0 Å². The molecule has 0 saturated heterocycles. The van der Waals surface area contributed by atoms with Crippen LogP contribution in [0.25, 0.3) is 0 Å². The number of dihydropyridines is 1. The van der Waals surface area contributed by atoms with Crippen molar-refractivity contribution in [3.8, 4) is 0 Å². The summed E-state index contributed by atoms with van der Waals surface area (Å²) in [6.45, 7) is 2.03. The summed E-state index contributed by atoms with van der Waals surface area (Å²) in [4.78, 5) is 31.1. The molecule has 2 aromatic carbocycles. The van der Waals surface area contributed by atoms with Crippen LogP contribution >= 0.6 is 11.6 Å². The van der Waals surface area contributed by atoms with Gasteiger partial charge in [-0.3, -0.25) is 9.78 Å². The first-order valence-electron chi connectivity index (χ1n) is 11.6. The highest BCUT2D eigenvalue weighted by Crippen LogP contribution is 2.45. The number of pyridine rings is 1. The van der Waals surface area contributed by atoms with Crippen LogP contribution in [0.15, 0.2) is 102 Å². The normalized spacial score (nSPS) is 19.8. The SMILES string of the molecule is CC1=C(C(=O)OCc2ccccc2)C(c2ccncc2)C2=C(CC(c3ccc(Cl)cc3)CC2=O)N1. The van der Waals surface area contributed by atoms with Gasteiger partial charge in [0.1, 0.15) is 6.61 Å². The van der Waals surface area contributed by atoms with E-state index in [0.717, 1.165) is 22.4 Å². The maximum atomic E-state index is 13.6. The minimum atomic E-state index is -0.504. The van der Waals surface area contributed by atoms with Gasteiger partial charge in [-0.1, -0.05) is 54.1 Å². The summed E-state index contributed by atoms with van der Waals surface area (Å²) in [5.41, 5.74) is 5.49. The van der Waals surface area contributed by atoms with Crippen LogP contribution < -0.4 is 5.32 Å². The van der Waals surface area contributed by atoms with Crippen molar-refractivity contribution in [1.82, 2.24) is 10.3 Å². The third-order valence-electron chi connectivity index (χ3n) is 6.64. The summed E-state index contributed by atoms with van der Waals surface area (Å²) >= 11 is 6.06. The van der Waals surface area contributed by atoms with E-state index in [0.29, 0.717) is 34.7 Å². The van der Waals surface area contributed by atoms with Gasteiger partial charge in [0.2, 0.25) is 0 Å². The number of nitrogens with one attached hydrogen (secondary N) is 1. The number of ether oxygens (including phenoxy) is 1. The number of halogens is 1. The van der Waals surface area contributed by atoms with E-state index in [-0.39, 0.29) is 18.3 Å². The Morgan fingerprint density at radius 2 is 1.71 bits per heavy atom. The highest BCUT2D eigenvalue weighted by Gasteiger charge is 2.41. The maximum Gasteiger partial charge on any atom is 0.337 e. The first-order valence-corrected chi connectivity index (χ1v) is 12.0. The fraction of sp³-hybridized carbons (Fsp3) is 0.207. The van der Waals surface area contributed by atoms with Crippen LogP contribution in [0.3, 0.4) is 0 Å². The molecule has 2 aliphatic rings. The Morgan fingerprint density at radius 3 is 2.43 bits per heavy atom. The largest absolute Gasteiger partial charge is 0.457 e. The van der Waals surface area contributed by atoms with Gasteiger partial charge in [0, 0.05) is 46.7 Å². The van der Waals surface area contributed by atoms with Crippen LogP contribution in [0.5, 0.6) is 0 Å². The molecule has 176 valence electrons. The van der Waals surface area contributed by atoms with Crippen molar-refractivity contribution in [2.45, 2.75) is 38.2 Å². The molecule has 5 rings (SSSR count). The monoisotopic (exact) mass is 484 g/mol. The molecule has 2 atom stereocenters. The predicted molar refractivity (Wildman–Crippen MR) is 135 cm³/mol. The van der Waals surface area contributed by atoms with E-state index in [4.69, 9.17) is 16.3 Å². The molecule has 0 fully saturated rings. The Balaban J connectivity index is 1.49. The molecule has 1 aliphatic heterocycles. The van der Waals surface area contributed by atoms with Crippen LogP contribution in [-0.4, -0.2) is 16.7 Å². The molecule has 1 aliphatic carbocycles. The van der Waals surface area contributed by atoms with E-state index in [9.17, 15) is 9.59 Å². The maximum absolute atomic E-state index is 13.6. The van der Waals surface area contributed by atoms with Crippen molar-refractivity contribution in [2.24, 2.45) is 0 Å². The zero-order chi connectivity index (χ0) is 24.4. The van der Waals surface area contributed by atoms with Gasteiger partial charge in [0.25, 0.3) is 0 Å². The van der Waals surface area contributed by atoms with Gasteiger partial charge in [0.05, 0.1) is 5.57 Å². The summed E-state index contributed by atoms with van der Waals surface area (Å²) in [5.74, 6) is -0.860. The molecule has 35 heavy (non-hydrogen) atoms. The fourth-order valence-electron chi connectivity index (χ4n) is 4.97. The number of esters is 1. The highest BCUT2D eigenvalue weighted by molar-refractivity contribution is 6.30. The molecule has 1 N–H and O–H groups in total. The summed E-state index contributed by atoms with van der Waals surface area (Å²) in [6.07, 6.45) is 4.41. The molecule has 1 aromatic heterocycles. The van der Waals surface area contributed by atoms with Crippen LogP contribution in [0.2, 0.25) is 5.02 Å². The number of allylic oxidation sites excluding steroid dienone is 3. The lowest BCUT2D eigenvalue weighted by molar-refractivity contribution is -0.140. The number of ketones is 1. The molecule has 0 amide bonds. The van der Waals surface area contributed by atoms with Crippen molar-refractivity contribution >= 4 is 23.4 Å². The Kier molecular flexibility index (Phi) is 6.51. The Bertz CT molecular complexity index is 1320. The quantitative estimate of drug-likeness (QED) is 0.461. The molecule has 3 aromatic rings. The highest BCUT2D eigenvalue weighted by atomic mass is 35.5. The number of benzene rings is 2. The van der Waals surface area contributed by atoms with Crippen LogP contribution in [0.4, 0.5) is 0 Å². The van der Waals surface area contributed by atoms with E-state index in [2.05, 4.69) is 10.3 Å². The summed E-state index contributed by atoms with van der Waals surface area (Å²) in [7, 11) is 0. The van der Waals surface area contributed by atoms with Gasteiger partial charge in [-0.05, 0) is 60.2 Å². The number of carbonyl (C=O) groups excluding carboxylic acids is 2. The van der Waals surface area contributed by atoms with Gasteiger partial charge < -0.3 is 10.1 Å². The van der Waals surface area contributed by atoms with Crippen molar-refractivity contribution < 1.29 is 14.3 Å². The minimum absolute atomic E-state index is 0.0290. The van der Waals surface area contributed by atoms with Gasteiger partial charge in [0.15, 0.2) is 5.78 Å². The van der Waals surface area contributed by atoms with Crippen LogP contribution in [0.1, 0.15) is 48.3 Å². The number of rotatable bonds is 5. The van der Waals surface area contributed by atoms with E-state index < -0.39 is 11.9 Å². The number of aromatic nitrogens is 1. The van der Waals surface area contributed by atoms with E-state index in [1.54, 1.807) is 12.4 Å². The molecule has 0 radical (unpaired) electrons. The lowest BCUT2D eigenvalue weighted by Crippen LogP contribution is -2.36.